The Kier molecular flexibility index (Phi) is 3.94. The predicted octanol–water partition coefficient (Wildman–Crippen LogP) is 3.61. The predicted molar refractivity (Wildman–Crippen MR) is 73.7 cm³/mol. The molecular formula is C12H11BrF2N4. The Labute approximate surface area is 117 Å². The Balaban J connectivity index is 2.38. The van der Waals surface area contributed by atoms with Crippen LogP contribution in [-0.2, 0) is 0 Å². The molecule has 0 saturated heterocycles. The highest BCUT2D eigenvalue weighted by Crippen LogP contribution is 2.27. The molecule has 0 spiro atoms. The largest absolute Gasteiger partial charge is 0.357 e. The zero-order valence-corrected chi connectivity index (χ0v) is 11.8. The van der Waals surface area contributed by atoms with Crippen molar-refractivity contribution in [2.24, 2.45) is 0 Å². The van der Waals surface area contributed by atoms with Crippen LogP contribution in [0.4, 0.5) is 26.2 Å². The summed E-state index contributed by atoms with van der Waals surface area (Å²) in [5.41, 5.74) is 1.21. The molecule has 19 heavy (non-hydrogen) atoms. The first-order valence-corrected chi connectivity index (χ1v) is 6.23. The smallest absolute Gasteiger partial charge is 0.224 e. The molecule has 2 rings (SSSR count). The Hall–Kier alpha value is -1.76. The van der Waals surface area contributed by atoms with E-state index in [9.17, 15) is 8.78 Å². The molecule has 0 aliphatic carbocycles. The molecule has 4 nitrogen and oxygen atoms in total. The number of hydrogen-bond acceptors (Lipinski definition) is 4. The van der Waals surface area contributed by atoms with Crippen LogP contribution < -0.4 is 10.6 Å². The molecule has 0 aliphatic heterocycles. The van der Waals surface area contributed by atoms with Crippen molar-refractivity contribution in [2.45, 2.75) is 6.92 Å². The molecule has 0 radical (unpaired) electrons. The van der Waals surface area contributed by atoms with E-state index in [4.69, 9.17) is 0 Å². The highest BCUT2D eigenvalue weighted by Gasteiger charge is 2.10. The number of anilines is 3. The summed E-state index contributed by atoms with van der Waals surface area (Å²) in [6.07, 6.45) is 1.05. The molecule has 2 aromatic rings. The van der Waals surface area contributed by atoms with Gasteiger partial charge in [-0.3, -0.25) is 0 Å². The van der Waals surface area contributed by atoms with Gasteiger partial charge in [-0.05, 0) is 40.5 Å². The Morgan fingerprint density at radius 1 is 1.21 bits per heavy atom. The normalized spacial score (nSPS) is 10.4. The average molecular weight is 329 g/mol. The SMILES string of the molecule is CNc1ncc(F)c(Nc2cc(F)c(Br)cc2C)n1. The van der Waals surface area contributed by atoms with Gasteiger partial charge >= 0.3 is 0 Å². The van der Waals surface area contributed by atoms with Crippen molar-refractivity contribution in [1.29, 1.82) is 0 Å². The number of nitrogens with one attached hydrogen (secondary N) is 2. The number of aryl methyl sites for hydroxylation is 1. The fraction of sp³-hybridized carbons (Fsp3) is 0.167. The van der Waals surface area contributed by atoms with Crippen molar-refractivity contribution in [2.75, 3.05) is 17.7 Å². The fourth-order valence-electron chi connectivity index (χ4n) is 1.48. The van der Waals surface area contributed by atoms with Crippen LogP contribution in [0.25, 0.3) is 0 Å². The average Bonchev–Trinajstić information content (AvgIpc) is 2.38. The molecule has 1 aromatic heterocycles. The van der Waals surface area contributed by atoms with Crippen molar-refractivity contribution in [3.8, 4) is 0 Å². The van der Waals surface area contributed by atoms with Crippen LogP contribution in [0.2, 0.25) is 0 Å². The first-order chi connectivity index (χ1) is 9.01. The van der Waals surface area contributed by atoms with Gasteiger partial charge in [-0.15, -0.1) is 0 Å². The zero-order chi connectivity index (χ0) is 14.0. The van der Waals surface area contributed by atoms with Crippen molar-refractivity contribution in [3.05, 3.63) is 40.0 Å². The van der Waals surface area contributed by atoms with Crippen molar-refractivity contribution in [3.63, 3.8) is 0 Å². The van der Waals surface area contributed by atoms with E-state index < -0.39 is 11.6 Å². The van der Waals surface area contributed by atoms with E-state index >= 15 is 0 Å². The second-order valence-corrected chi connectivity index (χ2v) is 4.70. The van der Waals surface area contributed by atoms with Crippen LogP contribution in [0.3, 0.4) is 0 Å². The minimum Gasteiger partial charge on any atom is -0.357 e. The second-order valence-electron chi connectivity index (χ2n) is 3.85. The molecule has 0 amide bonds. The minimum atomic E-state index is -0.610. The summed E-state index contributed by atoms with van der Waals surface area (Å²) in [6, 6.07) is 2.88. The molecule has 0 aliphatic rings. The summed E-state index contributed by atoms with van der Waals surface area (Å²) in [6.45, 7) is 1.78. The van der Waals surface area contributed by atoms with Crippen molar-refractivity contribution < 1.29 is 8.78 Å². The first-order valence-electron chi connectivity index (χ1n) is 5.44. The standard InChI is InChI=1S/C12H11BrF2N4/c1-6-3-7(13)8(14)4-10(6)18-11-9(15)5-17-12(16-2)19-11/h3-5H,1-2H3,(H2,16,17,18,19). The van der Waals surface area contributed by atoms with Crippen LogP contribution in [0.15, 0.2) is 22.8 Å². The minimum absolute atomic E-state index is 0.0100. The van der Waals surface area contributed by atoms with Crippen LogP contribution in [0.5, 0.6) is 0 Å². The van der Waals surface area contributed by atoms with Crippen LogP contribution in [-0.4, -0.2) is 17.0 Å². The van der Waals surface area contributed by atoms with Gasteiger partial charge in [0.25, 0.3) is 0 Å². The molecule has 1 heterocycles. The number of rotatable bonds is 3. The Morgan fingerprint density at radius 3 is 2.63 bits per heavy atom. The number of halogens is 3. The first kappa shape index (κ1) is 13.7. The van der Waals surface area contributed by atoms with Crippen LogP contribution >= 0.6 is 15.9 Å². The lowest BCUT2D eigenvalue weighted by molar-refractivity contribution is 0.617. The van der Waals surface area contributed by atoms with Crippen LogP contribution in [0.1, 0.15) is 5.56 Å². The summed E-state index contributed by atoms with van der Waals surface area (Å²) >= 11 is 3.09. The maximum atomic E-state index is 13.6. The lowest BCUT2D eigenvalue weighted by atomic mass is 10.2. The third-order valence-electron chi connectivity index (χ3n) is 2.49. The molecule has 0 bridgehead atoms. The fourth-order valence-corrected chi connectivity index (χ4v) is 1.94. The monoisotopic (exact) mass is 328 g/mol. The van der Waals surface area contributed by atoms with E-state index in [2.05, 4.69) is 36.5 Å². The van der Waals surface area contributed by atoms with Gasteiger partial charge in [-0.25, -0.2) is 13.8 Å². The van der Waals surface area contributed by atoms with E-state index in [0.29, 0.717) is 10.2 Å². The second kappa shape index (κ2) is 5.48. The maximum Gasteiger partial charge on any atom is 0.224 e. The summed E-state index contributed by atoms with van der Waals surface area (Å²) in [5.74, 6) is -0.776. The van der Waals surface area contributed by atoms with Crippen LogP contribution in [0, 0.1) is 18.6 Å². The third kappa shape index (κ3) is 2.98. The highest BCUT2D eigenvalue weighted by atomic mass is 79.9. The van der Waals surface area contributed by atoms with Crippen molar-refractivity contribution >= 4 is 33.4 Å². The maximum absolute atomic E-state index is 13.6. The molecule has 7 heteroatoms. The van der Waals surface area contributed by atoms with E-state index in [1.165, 1.54) is 6.07 Å². The van der Waals surface area contributed by atoms with Crippen molar-refractivity contribution in [1.82, 2.24) is 9.97 Å². The molecule has 2 N–H and O–H groups in total. The molecule has 0 saturated carbocycles. The molecule has 100 valence electrons. The molecule has 1 aromatic carbocycles. The summed E-state index contributed by atoms with van der Waals surface area (Å²) in [5, 5.41) is 5.46. The number of hydrogen-bond donors (Lipinski definition) is 2. The van der Waals surface area contributed by atoms with E-state index in [1.54, 1.807) is 20.0 Å². The van der Waals surface area contributed by atoms with Gasteiger partial charge < -0.3 is 10.6 Å². The molecule has 0 fully saturated rings. The quantitative estimate of drug-likeness (QED) is 0.903. The summed E-state index contributed by atoms with van der Waals surface area (Å²) in [4.78, 5) is 7.67. The summed E-state index contributed by atoms with van der Waals surface area (Å²) < 4.78 is 27.4. The number of nitrogens with zero attached hydrogens (tertiary/aromatic N) is 2. The van der Waals surface area contributed by atoms with Gasteiger partial charge in [0.2, 0.25) is 5.95 Å². The lowest BCUT2D eigenvalue weighted by Crippen LogP contribution is -2.04. The van der Waals surface area contributed by atoms with E-state index in [-0.39, 0.29) is 11.8 Å². The lowest BCUT2D eigenvalue weighted by Gasteiger charge is -2.11. The van der Waals surface area contributed by atoms with Gasteiger partial charge in [-0.1, -0.05) is 0 Å². The van der Waals surface area contributed by atoms with Gasteiger partial charge in [0.1, 0.15) is 5.82 Å². The van der Waals surface area contributed by atoms with E-state index in [1.807, 2.05) is 0 Å². The van der Waals surface area contributed by atoms with Gasteiger partial charge in [0.05, 0.1) is 10.7 Å². The third-order valence-corrected chi connectivity index (χ3v) is 3.10. The van der Waals surface area contributed by atoms with Gasteiger partial charge in [0.15, 0.2) is 11.6 Å². The summed E-state index contributed by atoms with van der Waals surface area (Å²) in [7, 11) is 1.63. The Morgan fingerprint density at radius 2 is 1.95 bits per heavy atom. The van der Waals surface area contributed by atoms with Gasteiger partial charge in [0, 0.05) is 12.7 Å². The Bertz CT molecular complexity index is 619. The molecule has 0 unspecified atom stereocenters. The zero-order valence-electron chi connectivity index (χ0n) is 10.3. The van der Waals surface area contributed by atoms with E-state index in [0.717, 1.165) is 11.8 Å². The molecule has 0 atom stereocenters. The topological polar surface area (TPSA) is 49.8 Å². The molecular weight excluding hydrogens is 318 g/mol. The highest BCUT2D eigenvalue weighted by molar-refractivity contribution is 9.10. The van der Waals surface area contributed by atoms with Gasteiger partial charge in [-0.2, -0.15) is 4.98 Å². The number of benzene rings is 1. The number of aromatic nitrogens is 2.